The van der Waals surface area contributed by atoms with E-state index in [0.717, 1.165) is 17.5 Å². The molecule has 30 heavy (non-hydrogen) atoms. The summed E-state index contributed by atoms with van der Waals surface area (Å²) in [5.41, 5.74) is 2.45. The van der Waals surface area contributed by atoms with Crippen molar-refractivity contribution in [1.82, 2.24) is 15.5 Å². The molecule has 3 aromatic rings. The van der Waals surface area contributed by atoms with E-state index in [1.807, 2.05) is 45.0 Å². The third-order valence-electron chi connectivity index (χ3n) is 4.84. The highest BCUT2D eigenvalue weighted by molar-refractivity contribution is 7.18. The molecule has 2 aromatic carbocycles. The second kappa shape index (κ2) is 9.82. The van der Waals surface area contributed by atoms with Crippen LogP contribution in [0.5, 0.6) is 0 Å². The average molecular weight is 443 g/mol. The summed E-state index contributed by atoms with van der Waals surface area (Å²) in [5, 5.41) is 15.5. The van der Waals surface area contributed by atoms with Gasteiger partial charge in [-0.15, -0.1) is 10.2 Å². The lowest BCUT2D eigenvalue weighted by Crippen LogP contribution is -2.47. The SMILES string of the molecule is CCC(C)C(NC(=O)c1ccc(C)cc1)C(=O)Nc1nnc(-c2ccc(Cl)cc2)s1. The molecule has 1 aromatic heterocycles. The molecule has 0 spiro atoms. The van der Waals surface area contributed by atoms with Gasteiger partial charge in [-0.2, -0.15) is 0 Å². The molecule has 156 valence electrons. The summed E-state index contributed by atoms with van der Waals surface area (Å²) >= 11 is 7.18. The van der Waals surface area contributed by atoms with E-state index in [4.69, 9.17) is 11.6 Å². The van der Waals surface area contributed by atoms with Gasteiger partial charge in [0, 0.05) is 16.1 Å². The van der Waals surface area contributed by atoms with Gasteiger partial charge in [0.05, 0.1) is 0 Å². The largest absolute Gasteiger partial charge is 0.340 e. The van der Waals surface area contributed by atoms with E-state index in [1.54, 1.807) is 24.3 Å². The van der Waals surface area contributed by atoms with Gasteiger partial charge in [-0.1, -0.05) is 73.0 Å². The molecule has 1 heterocycles. The minimum atomic E-state index is -0.688. The van der Waals surface area contributed by atoms with Crippen LogP contribution < -0.4 is 10.6 Å². The molecular formula is C22H23ClN4O2S. The Bertz CT molecular complexity index is 1020. The van der Waals surface area contributed by atoms with Gasteiger partial charge in [0.1, 0.15) is 11.0 Å². The van der Waals surface area contributed by atoms with Crippen molar-refractivity contribution in [2.45, 2.75) is 33.2 Å². The van der Waals surface area contributed by atoms with Crippen LogP contribution in [0.15, 0.2) is 48.5 Å². The zero-order chi connectivity index (χ0) is 21.7. The first-order valence-electron chi connectivity index (χ1n) is 9.65. The summed E-state index contributed by atoms with van der Waals surface area (Å²) in [5.74, 6) is -0.652. The summed E-state index contributed by atoms with van der Waals surface area (Å²) in [6.07, 6.45) is 0.735. The van der Waals surface area contributed by atoms with E-state index in [-0.39, 0.29) is 17.7 Å². The maximum atomic E-state index is 12.9. The van der Waals surface area contributed by atoms with Crippen molar-refractivity contribution >= 4 is 39.9 Å². The van der Waals surface area contributed by atoms with Crippen LogP contribution in [0.4, 0.5) is 5.13 Å². The molecule has 6 nitrogen and oxygen atoms in total. The Morgan fingerprint density at radius 3 is 2.37 bits per heavy atom. The van der Waals surface area contributed by atoms with Crippen molar-refractivity contribution in [1.29, 1.82) is 0 Å². The highest BCUT2D eigenvalue weighted by Crippen LogP contribution is 2.27. The fraction of sp³-hybridized carbons (Fsp3) is 0.273. The van der Waals surface area contributed by atoms with Crippen molar-refractivity contribution in [2.75, 3.05) is 5.32 Å². The van der Waals surface area contributed by atoms with Crippen LogP contribution >= 0.6 is 22.9 Å². The summed E-state index contributed by atoms with van der Waals surface area (Å²) in [7, 11) is 0. The van der Waals surface area contributed by atoms with Crippen LogP contribution in [0.2, 0.25) is 5.02 Å². The number of carbonyl (C=O) groups excluding carboxylic acids is 2. The van der Waals surface area contributed by atoms with Crippen LogP contribution in [0.1, 0.15) is 36.2 Å². The van der Waals surface area contributed by atoms with Crippen LogP contribution in [0, 0.1) is 12.8 Å². The highest BCUT2D eigenvalue weighted by atomic mass is 35.5. The Morgan fingerprint density at radius 2 is 1.73 bits per heavy atom. The number of nitrogens with zero attached hydrogens (tertiary/aromatic N) is 2. The molecule has 2 unspecified atom stereocenters. The Morgan fingerprint density at radius 1 is 1.07 bits per heavy atom. The zero-order valence-electron chi connectivity index (χ0n) is 17.0. The van der Waals surface area contributed by atoms with Crippen molar-refractivity contribution in [2.24, 2.45) is 5.92 Å². The lowest BCUT2D eigenvalue weighted by molar-refractivity contribution is -0.119. The maximum Gasteiger partial charge on any atom is 0.251 e. The fourth-order valence-corrected chi connectivity index (χ4v) is 3.68. The van der Waals surface area contributed by atoms with Gasteiger partial charge in [-0.3, -0.25) is 14.9 Å². The normalized spacial score (nSPS) is 12.8. The van der Waals surface area contributed by atoms with E-state index >= 15 is 0 Å². The third kappa shape index (κ3) is 5.43. The molecule has 2 atom stereocenters. The van der Waals surface area contributed by atoms with E-state index in [9.17, 15) is 9.59 Å². The smallest absolute Gasteiger partial charge is 0.251 e. The summed E-state index contributed by atoms with van der Waals surface area (Å²) < 4.78 is 0. The van der Waals surface area contributed by atoms with Gasteiger partial charge >= 0.3 is 0 Å². The van der Waals surface area contributed by atoms with Crippen LogP contribution in [-0.2, 0) is 4.79 Å². The minimum absolute atomic E-state index is 0.0527. The van der Waals surface area contributed by atoms with Crippen molar-refractivity contribution < 1.29 is 9.59 Å². The molecule has 8 heteroatoms. The molecule has 0 saturated carbocycles. The average Bonchev–Trinajstić information content (AvgIpc) is 3.20. The van der Waals surface area contributed by atoms with Gasteiger partial charge in [-0.25, -0.2) is 0 Å². The first-order chi connectivity index (χ1) is 14.4. The molecular weight excluding hydrogens is 420 g/mol. The highest BCUT2D eigenvalue weighted by Gasteiger charge is 2.27. The first-order valence-corrected chi connectivity index (χ1v) is 10.8. The van der Waals surface area contributed by atoms with Gasteiger partial charge in [0.25, 0.3) is 5.91 Å². The molecule has 3 rings (SSSR count). The molecule has 0 aliphatic rings. The number of halogens is 1. The molecule has 0 bridgehead atoms. The van der Waals surface area contributed by atoms with Crippen molar-refractivity contribution in [3.05, 3.63) is 64.7 Å². The fourth-order valence-electron chi connectivity index (χ4n) is 2.80. The van der Waals surface area contributed by atoms with Gasteiger partial charge < -0.3 is 5.32 Å². The lowest BCUT2D eigenvalue weighted by Gasteiger charge is -2.23. The summed E-state index contributed by atoms with van der Waals surface area (Å²) in [6, 6.07) is 13.8. The number of hydrogen-bond acceptors (Lipinski definition) is 5. The quantitative estimate of drug-likeness (QED) is 0.542. The second-order valence-corrected chi connectivity index (χ2v) is 8.53. The Balaban J connectivity index is 1.72. The van der Waals surface area contributed by atoms with Crippen LogP contribution in [0.25, 0.3) is 10.6 Å². The number of rotatable bonds is 7. The zero-order valence-corrected chi connectivity index (χ0v) is 18.6. The monoisotopic (exact) mass is 442 g/mol. The molecule has 0 radical (unpaired) electrons. The number of carbonyl (C=O) groups is 2. The molecule has 0 saturated heterocycles. The van der Waals surface area contributed by atoms with Crippen molar-refractivity contribution in [3.8, 4) is 10.6 Å². The van der Waals surface area contributed by atoms with E-state index in [2.05, 4.69) is 20.8 Å². The van der Waals surface area contributed by atoms with E-state index < -0.39 is 6.04 Å². The first kappa shape index (κ1) is 21.9. The van der Waals surface area contributed by atoms with Gasteiger partial charge in [-0.05, 0) is 37.1 Å². The molecule has 0 fully saturated rings. The Labute approximate surface area is 184 Å². The minimum Gasteiger partial charge on any atom is -0.340 e. The Hall–Kier alpha value is -2.77. The Kier molecular flexibility index (Phi) is 7.18. The number of aryl methyl sites for hydroxylation is 1. The number of nitrogens with one attached hydrogen (secondary N) is 2. The van der Waals surface area contributed by atoms with Gasteiger partial charge in [0.15, 0.2) is 0 Å². The second-order valence-electron chi connectivity index (χ2n) is 7.11. The number of benzene rings is 2. The maximum absolute atomic E-state index is 12.9. The predicted molar refractivity (Wildman–Crippen MR) is 121 cm³/mol. The third-order valence-corrected chi connectivity index (χ3v) is 5.98. The van der Waals surface area contributed by atoms with Crippen LogP contribution in [0.3, 0.4) is 0 Å². The number of hydrogen-bond donors (Lipinski definition) is 2. The molecule has 0 aliphatic heterocycles. The standard InChI is InChI=1S/C22H23ClN4O2S/c1-4-14(3)18(24-19(28)15-7-5-13(2)6-8-15)20(29)25-22-27-26-21(30-22)16-9-11-17(23)12-10-16/h5-12,14,18H,4H2,1-3H3,(H,24,28)(H,25,27,29). The number of aromatic nitrogens is 2. The van der Waals surface area contributed by atoms with Crippen molar-refractivity contribution in [3.63, 3.8) is 0 Å². The number of amides is 2. The van der Waals surface area contributed by atoms with Gasteiger partial charge in [0.2, 0.25) is 11.0 Å². The number of anilines is 1. The molecule has 0 aliphatic carbocycles. The lowest BCUT2D eigenvalue weighted by atomic mass is 9.98. The summed E-state index contributed by atoms with van der Waals surface area (Å²) in [4.78, 5) is 25.6. The molecule has 2 N–H and O–H groups in total. The predicted octanol–water partition coefficient (Wildman–Crippen LogP) is 4.95. The van der Waals surface area contributed by atoms with Crippen LogP contribution in [-0.4, -0.2) is 28.1 Å². The van der Waals surface area contributed by atoms with E-state index in [0.29, 0.717) is 20.7 Å². The molecule has 2 amide bonds. The van der Waals surface area contributed by atoms with E-state index in [1.165, 1.54) is 11.3 Å². The topological polar surface area (TPSA) is 84.0 Å². The summed E-state index contributed by atoms with van der Waals surface area (Å²) in [6.45, 7) is 5.86.